The normalized spacial score (nSPS) is 13.3. The summed E-state index contributed by atoms with van der Waals surface area (Å²) in [4.78, 5) is 0. The van der Waals surface area contributed by atoms with E-state index in [2.05, 4.69) is 182 Å². The summed E-state index contributed by atoms with van der Waals surface area (Å²) >= 11 is 0. The van der Waals surface area contributed by atoms with Gasteiger partial charge in [0.05, 0.1) is 5.41 Å². The average Bonchev–Trinajstić information content (AvgIpc) is 3.15. The number of benzene rings is 8. The molecule has 9 rings (SSSR count). The van der Waals surface area contributed by atoms with Crippen LogP contribution in [0.4, 0.5) is 0 Å². The van der Waals surface area contributed by atoms with Crippen molar-refractivity contribution in [2.45, 2.75) is 11.8 Å². The molecule has 46 heavy (non-hydrogen) atoms. The maximum absolute atomic E-state index is 2.47. The molecule has 216 valence electrons. The molecule has 0 spiro atoms. The van der Waals surface area contributed by atoms with Crippen LogP contribution in [0.5, 0.6) is 0 Å². The lowest BCUT2D eigenvalue weighted by Crippen LogP contribution is -2.35. The van der Waals surface area contributed by atoms with Gasteiger partial charge in [-0.15, -0.1) is 0 Å². The van der Waals surface area contributed by atoms with Crippen LogP contribution in [0, 0.1) is 0 Å². The maximum atomic E-state index is 2.47. The van der Waals surface area contributed by atoms with Crippen molar-refractivity contribution in [1.82, 2.24) is 0 Å². The molecule has 0 aliphatic heterocycles. The first-order valence-corrected chi connectivity index (χ1v) is 16.2. The Hall–Kier alpha value is -5.72. The van der Waals surface area contributed by atoms with Crippen molar-refractivity contribution in [2.24, 2.45) is 0 Å². The van der Waals surface area contributed by atoms with E-state index < -0.39 is 0 Å². The lowest BCUT2D eigenvalue weighted by Gasteiger charge is -2.43. The van der Waals surface area contributed by atoms with Crippen LogP contribution in [-0.4, -0.2) is 0 Å². The second-order valence-corrected chi connectivity index (χ2v) is 12.5. The van der Waals surface area contributed by atoms with E-state index in [0.29, 0.717) is 0 Å². The van der Waals surface area contributed by atoms with Crippen LogP contribution in [-0.2, 0) is 11.8 Å². The Balaban J connectivity index is 1.38. The fourth-order valence-electron chi connectivity index (χ4n) is 8.02. The molecule has 8 aromatic rings. The zero-order valence-corrected chi connectivity index (χ0v) is 25.5. The number of hydrogen-bond donors (Lipinski definition) is 0. The predicted molar refractivity (Wildman–Crippen MR) is 194 cm³/mol. The van der Waals surface area contributed by atoms with Crippen molar-refractivity contribution in [3.63, 3.8) is 0 Å². The molecule has 0 unspecified atom stereocenters. The summed E-state index contributed by atoms with van der Waals surface area (Å²) in [5.41, 5.74) is 12.7. The van der Waals surface area contributed by atoms with Crippen molar-refractivity contribution in [2.75, 3.05) is 0 Å². The summed E-state index contributed by atoms with van der Waals surface area (Å²) in [6.45, 7) is 0. The molecule has 0 aromatic heterocycles. The molecular weight excluding hydrogens is 553 g/mol. The van der Waals surface area contributed by atoms with Gasteiger partial charge < -0.3 is 0 Å². The molecule has 0 N–H and O–H groups in total. The summed E-state index contributed by atoms with van der Waals surface area (Å²) in [7, 11) is 0. The van der Waals surface area contributed by atoms with Crippen LogP contribution in [0.1, 0.15) is 22.3 Å². The first-order chi connectivity index (χ1) is 22.8. The second-order valence-electron chi connectivity index (χ2n) is 12.5. The van der Waals surface area contributed by atoms with Crippen LogP contribution in [0.3, 0.4) is 0 Å². The minimum absolute atomic E-state index is 0.376. The Kier molecular flexibility index (Phi) is 6.21. The van der Waals surface area contributed by atoms with Crippen LogP contribution < -0.4 is 0 Å². The SMILES string of the molecule is c1ccc(-c2cccc(-c3ccc4c(c3)CC(c3ccccc3)(c3ccccc3)c3c-4c4ccccc4c4ccccc34)c2)cc1. The standard InChI is InChI=1S/C46H32/c1-4-15-32(16-5-1)33-17-14-18-34(29-33)35-27-28-39-36(30-35)31-46(37-19-6-2-7-20-37,38-21-8-3-9-22-38)45-43-26-13-11-24-41(43)40-23-10-12-25-42(40)44(39)45/h1-30H,31H2. The molecule has 0 saturated carbocycles. The topological polar surface area (TPSA) is 0 Å². The van der Waals surface area contributed by atoms with E-state index in [9.17, 15) is 0 Å². The smallest absolute Gasteiger partial charge is 0.0504 e. The van der Waals surface area contributed by atoms with Gasteiger partial charge in [-0.2, -0.15) is 0 Å². The van der Waals surface area contributed by atoms with Crippen molar-refractivity contribution in [1.29, 1.82) is 0 Å². The van der Waals surface area contributed by atoms with Crippen LogP contribution in [0.25, 0.3) is 54.9 Å². The van der Waals surface area contributed by atoms with E-state index >= 15 is 0 Å². The molecule has 0 heteroatoms. The highest BCUT2D eigenvalue weighted by Crippen LogP contribution is 2.56. The first kappa shape index (κ1) is 26.7. The minimum Gasteiger partial charge on any atom is -0.0622 e. The van der Waals surface area contributed by atoms with Crippen LogP contribution in [0.15, 0.2) is 182 Å². The summed E-state index contributed by atoms with van der Waals surface area (Å²) in [6, 6.07) is 67.2. The van der Waals surface area contributed by atoms with Crippen molar-refractivity contribution in [3.05, 3.63) is 204 Å². The third-order valence-corrected chi connectivity index (χ3v) is 10.0. The molecule has 0 nitrogen and oxygen atoms in total. The molecule has 0 heterocycles. The Morgan fingerprint density at radius 3 is 1.48 bits per heavy atom. The van der Waals surface area contributed by atoms with Gasteiger partial charge in [-0.1, -0.05) is 176 Å². The fourth-order valence-corrected chi connectivity index (χ4v) is 8.02. The number of fused-ring (bicyclic) bond motifs is 8. The molecule has 0 radical (unpaired) electrons. The van der Waals surface area contributed by atoms with E-state index in [1.807, 2.05) is 0 Å². The third kappa shape index (κ3) is 4.07. The Morgan fingerprint density at radius 1 is 0.348 bits per heavy atom. The lowest BCUT2D eigenvalue weighted by molar-refractivity contribution is 0.612. The average molecular weight is 585 g/mol. The number of hydrogen-bond acceptors (Lipinski definition) is 0. The second kappa shape index (κ2) is 10.7. The van der Waals surface area contributed by atoms with Gasteiger partial charge in [0, 0.05) is 0 Å². The highest BCUT2D eigenvalue weighted by Gasteiger charge is 2.44. The maximum Gasteiger partial charge on any atom is 0.0504 e. The van der Waals surface area contributed by atoms with E-state index in [-0.39, 0.29) is 5.41 Å². The van der Waals surface area contributed by atoms with Gasteiger partial charge in [0.15, 0.2) is 0 Å². The molecule has 0 fully saturated rings. The van der Waals surface area contributed by atoms with Gasteiger partial charge in [-0.05, 0) is 89.7 Å². The summed E-state index contributed by atoms with van der Waals surface area (Å²) in [5.74, 6) is 0. The third-order valence-electron chi connectivity index (χ3n) is 10.0. The van der Waals surface area contributed by atoms with E-state index in [1.54, 1.807) is 0 Å². The van der Waals surface area contributed by atoms with E-state index in [4.69, 9.17) is 0 Å². The van der Waals surface area contributed by atoms with Gasteiger partial charge in [0.25, 0.3) is 0 Å². The van der Waals surface area contributed by atoms with E-state index in [1.165, 1.54) is 77.2 Å². The highest BCUT2D eigenvalue weighted by atomic mass is 14.5. The molecule has 0 amide bonds. The Bertz CT molecular complexity index is 2330. The van der Waals surface area contributed by atoms with Gasteiger partial charge in [-0.25, -0.2) is 0 Å². The van der Waals surface area contributed by atoms with E-state index in [0.717, 1.165) is 6.42 Å². The Labute approximate surface area is 270 Å². The number of rotatable bonds is 4. The van der Waals surface area contributed by atoms with Crippen molar-refractivity contribution < 1.29 is 0 Å². The zero-order valence-electron chi connectivity index (χ0n) is 25.5. The molecule has 0 saturated heterocycles. The molecular formula is C46H32. The highest BCUT2D eigenvalue weighted by molar-refractivity contribution is 6.17. The molecule has 1 aliphatic carbocycles. The molecule has 0 bridgehead atoms. The lowest BCUT2D eigenvalue weighted by atomic mass is 9.59. The van der Waals surface area contributed by atoms with Gasteiger partial charge in [0.1, 0.15) is 0 Å². The first-order valence-electron chi connectivity index (χ1n) is 16.2. The zero-order chi connectivity index (χ0) is 30.5. The summed E-state index contributed by atoms with van der Waals surface area (Å²) < 4.78 is 0. The monoisotopic (exact) mass is 584 g/mol. The van der Waals surface area contributed by atoms with Gasteiger partial charge >= 0.3 is 0 Å². The van der Waals surface area contributed by atoms with Crippen molar-refractivity contribution >= 4 is 21.5 Å². The molecule has 1 aliphatic rings. The summed E-state index contributed by atoms with van der Waals surface area (Å²) in [6.07, 6.45) is 0.873. The summed E-state index contributed by atoms with van der Waals surface area (Å²) in [5, 5.41) is 5.26. The predicted octanol–water partition coefficient (Wildman–Crippen LogP) is 11.9. The van der Waals surface area contributed by atoms with Gasteiger partial charge in [-0.3, -0.25) is 0 Å². The minimum atomic E-state index is -0.376. The fraction of sp³-hybridized carbons (Fsp3) is 0.0435. The van der Waals surface area contributed by atoms with Crippen molar-refractivity contribution in [3.8, 4) is 33.4 Å². The quantitative estimate of drug-likeness (QED) is 0.181. The van der Waals surface area contributed by atoms with Crippen LogP contribution in [0.2, 0.25) is 0 Å². The van der Waals surface area contributed by atoms with Gasteiger partial charge in [0.2, 0.25) is 0 Å². The van der Waals surface area contributed by atoms with Crippen LogP contribution >= 0.6 is 0 Å². The molecule has 0 atom stereocenters. The molecule has 8 aromatic carbocycles. The Morgan fingerprint density at radius 2 is 0.826 bits per heavy atom. The largest absolute Gasteiger partial charge is 0.0622 e.